The number of rotatable bonds is 15. The van der Waals surface area contributed by atoms with Crippen LogP contribution in [0.1, 0.15) is 50.9 Å². The molecule has 0 radical (unpaired) electrons. The second kappa shape index (κ2) is 14.2. The van der Waals surface area contributed by atoms with Crippen molar-refractivity contribution in [2.24, 2.45) is 0 Å². The molecule has 0 spiro atoms. The number of halogens is 3. The summed E-state index contributed by atoms with van der Waals surface area (Å²) in [6.45, 7) is 4.77. The summed E-state index contributed by atoms with van der Waals surface area (Å²) >= 11 is 0. The SMILES string of the molecule is CCCCS(=O)(=O)NCCOc1nc(C(F)(F)F)nc(NS(=O)(=O)c2ccc(C(C)C)cn2)c1Oc1ccccc1OC. The average molecular weight is 648 g/mol. The quantitative estimate of drug-likeness (QED) is 0.221. The van der Waals surface area contributed by atoms with Gasteiger partial charge in [0, 0.05) is 12.7 Å². The summed E-state index contributed by atoms with van der Waals surface area (Å²) in [6, 6.07) is 8.77. The number of pyridine rings is 1. The standard InChI is InChI=1S/C26H32F3N5O7S2/c1-5-6-15-42(35,36)31-13-14-40-24-22(41-20-10-8-7-9-19(20)39-4)23(32-25(33-24)26(27,28)29)34-43(37,38)21-12-11-18(16-30-21)17(2)3/h7-12,16-17,31H,5-6,13-15H2,1-4H3,(H,32,33,34). The van der Waals surface area contributed by atoms with Crippen LogP contribution in [0.3, 0.4) is 0 Å². The second-order valence-corrected chi connectivity index (χ2v) is 12.9. The molecule has 236 valence electrons. The van der Waals surface area contributed by atoms with Gasteiger partial charge in [0.05, 0.1) is 12.9 Å². The molecule has 0 saturated heterocycles. The zero-order chi connectivity index (χ0) is 31.8. The number of hydrogen-bond donors (Lipinski definition) is 2. The maximum absolute atomic E-state index is 13.8. The zero-order valence-electron chi connectivity index (χ0n) is 23.8. The summed E-state index contributed by atoms with van der Waals surface area (Å²) in [5.41, 5.74) is 0.738. The van der Waals surface area contributed by atoms with Gasteiger partial charge in [-0.3, -0.25) is 4.72 Å². The maximum Gasteiger partial charge on any atom is 0.451 e. The molecule has 0 unspecified atom stereocenters. The first-order valence-electron chi connectivity index (χ1n) is 13.1. The highest BCUT2D eigenvalue weighted by Crippen LogP contribution is 2.42. The third-order valence-electron chi connectivity index (χ3n) is 5.73. The van der Waals surface area contributed by atoms with Gasteiger partial charge in [-0.1, -0.05) is 45.4 Å². The van der Waals surface area contributed by atoms with E-state index in [0.29, 0.717) is 12.8 Å². The van der Waals surface area contributed by atoms with Crippen LogP contribution in [0.25, 0.3) is 0 Å². The predicted molar refractivity (Wildman–Crippen MR) is 151 cm³/mol. The summed E-state index contributed by atoms with van der Waals surface area (Å²) in [4.78, 5) is 10.8. The number of nitrogens with one attached hydrogen (secondary N) is 2. The molecule has 0 aliphatic rings. The lowest BCUT2D eigenvalue weighted by molar-refractivity contribution is -0.145. The van der Waals surface area contributed by atoms with Gasteiger partial charge in [0.2, 0.25) is 21.6 Å². The fourth-order valence-electron chi connectivity index (χ4n) is 3.45. The molecule has 0 aliphatic carbocycles. The van der Waals surface area contributed by atoms with Crippen molar-refractivity contribution in [3.05, 3.63) is 54.0 Å². The smallest absolute Gasteiger partial charge is 0.451 e. The number of ether oxygens (including phenoxy) is 3. The van der Waals surface area contributed by atoms with Gasteiger partial charge in [-0.05, 0) is 36.1 Å². The largest absolute Gasteiger partial charge is 0.493 e. The van der Waals surface area contributed by atoms with E-state index in [2.05, 4.69) is 19.7 Å². The number of methoxy groups -OCH3 is 1. The first kappa shape index (κ1) is 33.8. The molecule has 0 bridgehead atoms. The van der Waals surface area contributed by atoms with E-state index in [1.54, 1.807) is 12.1 Å². The van der Waals surface area contributed by atoms with Gasteiger partial charge in [0.15, 0.2) is 22.3 Å². The molecule has 2 N–H and O–H groups in total. The van der Waals surface area contributed by atoms with Crippen LogP contribution in [0.4, 0.5) is 19.0 Å². The number of anilines is 1. The summed E-state index contributed by atoms with van der Waals surface area (Å²) < 4.78 is 113. The molecule has 2 heterocycles. The van der Waals surface area contributed by atoms with Crippen LogP contribution in [-0.2, 0) is 26.2 Å². The Balaban J connectivity index is 2.07. The Morgan fingerprint density at radius 1 is 1.00 bits per heavy atom. The van der Waals surface area contributed by atoms with E-state index in [1.807, 2.05) is 25.5 Å². The van der Waals surface area contributed by atoms with E-state index >= 15 is 0 Å². The van der Waals surface area contributed by atoms with Crippen molar-refractivity contribution >= 4 is 25.9 Å². The van der Waals surface area contributed by atoms with E-state index in [1.165, 1.54) is 37.6 Å². The monoisotopic (exact) mass is 647 g/mol. The Hall–Kier alpha value is -3.70. The van der Waals surface area contributed by atoms with Crippen molar-refractivity contribution in [3.8, 4) is 23.1 Å². The van der Waals surface area contributed by atoms with Gasteiger partial charge in [0.1, 0.15) is 6.61 Å². The molecule has 3 rings (SSSR count). The molecule has 0 atom stereocenters. The molecule has 0 amide bonds. The lowest BCUT2D eigenvalue weighted by Crippen LogP contribution is -2.30. The third kappa shape index (κ3) is 9.39. The molecule has 3 aromatic rings. The number of unbranched alkanes of at least 4 members (excludes halogenated alkanes) is 1. The van der Waals surface area contributed by atoms with Crippen molar-refractivity contribution < 1.29 is 44.2 Å². The Kier molecular flexibility index (Phi) is 11.1. The molecule has 43 heavy (non-hydrogen) atoms. The molecular weight excluding hydrogens is 615 g/mol. The predicted octanol–water partition coefficient (Wildman–Crippen LogP) is 4.71. The maximum atomic E-state index is 13.8. The van der Waals surface area contributed by atoms with Gasteiger partial charge >= 0.3 is 6.18 Å². The molecule has 17 heteroatoms. The van der Waals surface area contributed by atoms with Crippen molar-refractivity contribution in [1.29, 1.82) is 0 Å². The highest BCUT2D eigenvalue weighted by Gasteiger charge is 2.38. The summed E-state index contributed by atoms with van der Waals surface area (Å²) in [6.07, 6.45) is -2.74. The Bertz CT molecular complexity index is 1600. The topological polar surface area (TPSA) is 159 Å². The van der Waals surface area contributed by atoms with Crippen LogP contribution in [0.2, 0.25) is 0 Å². The zero-order valence-corrected chi connectivity index (χ0v) is 25.4. The van der Waals surface area contributed by atoms with Crippen LogP contribution in [0.15, 0.2) is 47.6 Å². The fraction of sp³-hybridized carbons (Fsp3) is 0.423. The number of sulfonamides is 2. The lowest BCUT2D eigenvalue weighted by atomic mass is 10.1. The van der Waals surface area contributed by atoms with Gasteiger partial charge < -0.3 is 14.2 Å². The molecular formula is C26H32F3N5O7S2. The first-order chi connectivity index (χ1) is 20.2. The molecule has 2 aromatic heterocycles. The number of nitrogens with zero attached hydrogens (tertiary/aromatic N) is 3. The van der Waals surface area contributed by atoms with E-state index in [-0.39, 0.29) is 29.7 Å². The molecule has 0 aliphatic heterocycles. The van der Waals surface area contributed by atoms with Gasteiger partial charge in [0.25, 0.3) is 15.9 Å². The third-order valence-corrected chi connectivity index (χ3v) is 8.46. The fourth-order valence-corrected chi connectivity index (χ4v) is 5.60. The van der Waals surface area contributed by atoms with Gasteiger partial charge in [-0.15, -0.1) is 0 Å². The van der Waals surface area contributed by atoms with Gasteiger partial charge in [-0.2, -0.15) is 26.6 Å². The minimum Gasteiger partial charge on any atom is -0.493 e. The average Bonchev–Trinajstić information content (AvgIpc) is 2.95. The number of benzene rings is 1. The van der Waals surface area contributed by atoms with Crippen LogP contribution < -0.4 is 23.7 Å². The Morgan fingerprint density at radius 2 is 1.70 bits per heavy atom. The number of aromatic nitrogens is 3. The van der Waals surface area contributed by atoms with Crippen LogP contribution in [0.5, 0.6) is 23.1 Å². The number of hydrogen-bond acceptors (Lipinski definition) is 10. The van der Waals surface area contributed by atoms with Crippen molar-refractivity contribution in [1.82, 2.24) is 19.7 Å². The van der Waals surface area contributed by atoms with E-state index in [4.69, 9.17) is 14.2 Å². The normalized spacial score (nSPS) is 12.3. The molecule has 12 nitrogen and oxygen atoms in total. The highest BCUT2D eigenvalue weighted by atomic mass is 32.2. The Morgan fingerprint density at radius 3 is 2.28 bits per heavy atom. The highest BCUT2D eigenvalue weighted by molar-refractivity contribution is 7.92. The van der Waals surface area contributed by atoms with Crippen molar-refractivity contribution in [2.45, 2.75) is 50.7 Å². The first-order valence-corrected chi connectivity index (χ1v) is 16.2. The summed E-state index contributed by atoms with van der Waals surface area (Å²) in [5.74, 6) is -4.05. The summed E-state index contributed by atoms with van der Waals surface area (Å²) in [7, 11) is -6.93. The molecule has 0 fully saturated rings. The molecule has 1 aromatic carbocycles. The van der Waals surface area contributed by atoms with Crippen molar-refractivity contribution in [2.75, 3.05) is 30.7 Å². The minimum absolute atomic E-state index is 0.0293. The van der Waals surface area contributed by atoms with E-state index < -0.39 is 61.1 Å². The Labute approximate surface area is 248 Å². The number of alkyl halides is 3. The van der Waals surface area contributed by atoms with Gasteiger partial charge in [-0.25, -0.2) is 23.1 Å². The van der Waals surface area contributed by atoms with Crippen LogP contribution in [0, 0.1) is 0 Å². The van der Waals surface area contributed by atoms with Crippen molar-refractivity contribution in [3.63, 3.8) is 0 Å². The lowest BCUT2D eigenvalue weighted by Gasteiger charge is -2.19. The van der Waals surface area contributed by atoms with Crippen LogP contribution >= 0.6 is 0 Å². The van der Waals surface area contributed by atoms with E-state index in [0.717, 1.165) is 5.56 Å². The second-order valence-electron chi connectivity index (χ2n) is 9.39. The minimum atomic E-state index is -5.12. The molecule has 0 saturated carbocycles. The van der Waals surface area contributed by atoms with E-state index in [9.17, 15) is 30.0 Å². The van der Waals surface area contributed by atoms with Crippen LogP contribution in [-0.4, -0.2) is 57.8 Å². The number of para-hydroxylation sites is 2. The summed E-state index contributed by atoms with van der Waals surface area (Å²) in [5, 5.41) is -0.490.